The number of nitrogens with zero attached hydrogens (tertiary/aromatic N) is 2. The van der Waals surface area contributed by atoms with Gasteiger partial charge in [0.2, 0.25) is 5.89 Å². The normalized spacial score (nSPS) is 10.7. The van der Waals surface area contributed by atoms with E-state index in [1.54, 1.807) is 18.0 Å². The maximum atomic E-state index is 12.6. The molecule has 0 fully saturated rings. The van der Waals surface area contributed by atoms with Crippen molar-refractivity contribution in [3.05, 3.63) is 89.9 Å². The van der Waals surface area contributed by atoms with Crippen LogP contribution in [0.15, 0.2) is 87.3 Å². The highest BCUT2D eigenvalue weighted by molar-refractivity contribution is 7.99. The Morgan fingerprint density at radius 2 is 1.83 bits per heavy atom. The van der Waals surface area contributed by atoms with Gasteiger partial charge in [0.25, 0.3) is 5.91 Å². The Balaban J connectivity index is 1.46. The van der Waals surface area contributed by atoms with Crippen molar-refractivity contribution >= 4 is 23.4 Å². The molecule has 1 amide bonds. The molecule has 29 heavy (non-hydrogen) atoms. The SMILES string of the molecule is Cc1nc(-c2cccc(NC(=O)c3ccc(Sc4ccccn4)cc3)c2)oc1C. The van der Waals surface area contributed by atoms with E-state index in [2.05, 4.69) is 15.3 Å². The van der Waals surface area contributed by atoms with Gasteiger partial charge in [0.05, 0.1) is 5.69 Å². The van der Waals surface area contributed by atoms with Gasteiger partial charge in [-0.15, -0.1) is 0 Å². The predicted molar refractivity (Wildman–Crippen MR) is 114 cm³/mol. The summed E-state index contributed by atoms with van der Waals surface area (Å²) in [5.41, 5.74) is 2.95. The number of pyridine rings is 1. The zero-order chi connectivity index (χ0) is 20.2. The quantitative estimate of drug-likeness (QED) is 0.461. The van der Waals surface area contributed by atoms with Crippen LogP contribution < -0.4 is 5.32 Å². The van der Waals surface area contributed by atoms with E-state index in [9.17, 15) is 4.79 Å². The fourth-order valence-corrected chi connectivity index (χ4v) is 3.51. The molecule has 4 rings (SSSR count). The van der Waals surface area contributed by atoms with Gasteiger partial charge in [-0.1, -0.05) is 23.9 Å². The Bertz CT molecular complexity index is 1120. The molecule has 0 bridgehead atoms. The highest BCUT2D eigenvalue weighted by Crippen LogP contribution is 2.27. The van der Waals surface area contributed by atoms with Gasteiger partial charge >= 0.3 is 0 Å². The second kappa shape index (κ2) is 8.32. The number of benzene rings is 2. The largest absolute Gasteiger partial charge is 0.441 e. The monoisotopic (exact) mass is 401 g/mol. The van der Waals surface area contributed by atoms with E-state index in [0.717, 1.165) is 26.9 Å². The molecule has 0 spiro atoms. The Morgan fingerprint density at radius 1 is 1.00 bits per heavy atom. The summed E-state index contributed by atoms with van der Waals surface area (Å²) < 4.78 is 5.68. The standard InChI is InChI=1S/C23H19N3O2S/c1-15-16(2)28-23(25-15)18-6-5-7-19(14-18)26-22(27)17-9-11-20(12-10-17)29-21-8-3-4-13-24-21/h3-14H,1-2H3,(H,26,27). The molecule has 2 heterocycles. The number of carbonyl (C=O) groups is 1. The Labute approximate surface area is 173 Å². The van der Waals surface area contributed by atoms with Crippen LogP contribution in [-0.4, -0.2) is 15.9 Å². The number of aromatic nitrogens is 2. The van der Waals surface area contributed by atoms with Crippen molar-refractivity contribution < 1.29 is 9.21 Å². The molecular formula is C23H19N3O2S. The predicted octanol–water partition coefficient (Wildman–Crippen LogP) is 5.76. The molecule has 1 N–H and O–H groups in total. The van der Waals surface area contributed by atoms with Crippen molar-refractivity contribution in [2.75, 3.05) is 5.32 Å². The lowest BCUT2D eigenvalue weighted by molar-refractivity contribution is 0.102. The fraction of sp³-hybridized carbons (Fsp3) is 0.0870. The summed E-state index contributed by atoms with van der Waals surface area (Å²) in [6.45, 7) is 3.79. The third-order valence-corrected chi connectivity index (χ3v) is 5.33. The van der Waals surface area contributed by atoms with Gasteiger partial charge in [-0.25, -0.2) is 9.97 Å². The van der Waals surface area contributed by atoms with Gasteiger partial charge in [0.1, 0.15) is 10.8 Å². The molecule has 0 atom stereocenters. The zero-order valence-corrected chi connectivity index (χ0v) is 16.9. The molecule has 5 nitrogen and oxygen atoms in total. The van der Waals surface area contributed by atoms with E-state index in [0.29, 0.717) is 17.1 Å². The number of hydrogen-bond donors (Lipinski definition) is 1. The van der Waals surface area contributed by atoms with E-state index in [1.807, 2.05) is 80.6 Å². The Morgan fingerprint density at radius 3 is 2.52 bits per heavy atom. The molecule has 0 aliphatic heterocycles. The average Bonchev–Trinajstić information content (AvgIpc) is 3.08. The number of hydrogen-bond acceptors (Lipinski definition) is 5. The lowest BCUT2D eigenvalue weighted by Crippen LogP contribution is -2.11. The number of oxazole rings is 1. The minimum atomic E-state index is -0.170. The lowest BCUT2D eigenvalue weighted by Gasteiger charge is -2.07. The highest BCUT2D eigenvalue weighted by Gasteiger charge is 2.11. The first-order chi connectivity index (χ1) is 14.1. The van der Waals surface area contributed by atoms with Crippen LogP contribution in [0.3, 0.4) is 0 Å². The van der Waals surface area contributed by atoms with Crippen LogP contribution in [0.2, 0.25) is 0 Å². The number of aryl methyl sites for hydroxylation is 2. The van der Waals surface area contributed by atoms with E-state index in [4.69, 9.17) is 4.42 Å². The first kappa shape index (κ1) is 19.0. The van der Waals surface area contributed by atoms with Crippen LogP contribution >= 0.6 is 11.8 Å². The zero-order valence-electron chi connectivity index (χ0n) is 16.0. The molecular weight excluding hydrogens is 382 g/mol. The summed E-state index contributed by atoms with van der Waals surface area (Å²) in [6.07, 6.45) is 1.76. The molecule has 6 heteroatoms. The summed E-state index contributed by atoms with van der Waals surface area (Å²) >= 11 is 1.55. The van der Waals surface area contributed by atoms with E-state index in [-0.39, 0.29) is 5.91 Å². The molecule has 144 valence electrons. The molecule has 2 aromatic heterocycles. The third-order valence-electron chi connectivity index (χ3n) is 4.37. The van der Waals surface area contributed by atoms with Crippen molar-refractivity contribution in [2.45, 2.75) is 23.8 Å². The van der Waals surface area contributed by atoms with Crippen molar-refractivity contribution in [3.8, 4) is 11.5 Å². The van der Waals surface area contributed by atoms with Crippen molar-refractivity contribution in [2.24, 2.45) is 0 Å². The van der Waals surface area contributed by atoms with E-state index < -0.39 is 0 Å². The van der Waals surface area contributed by atoms with Crippen molar-refractivity contribution in [1.29, 1.82) is 0 Å². The number of anilines is 1. The van der Waals surface area contributed by atoms with Crippen molar-refractivity contribution in [3.63, 3.8) is 0 Å². The number of carbonyl (C=O) groups excluding carboxylic acids is 1. The molecule has 0 aliphatic carbocycles. The van der Waals surface area contributed by atoms with E-state index >= 15 is 0 Å². The summed E-state index contributed by atoms with van der Waals surface area (Å²) in [6, 6.07) is 20.7. The third kappa shape index (κ3) is 4.55. The summed E-state index contributed by atoms with van der Waals surface area (Å²) in [5.74, 6) is 1.17. The van der Waals surface area contributed by atoms with Crippen LogP contribution in [0, 0.1) is 13.8 Å². The maximum Gasteiger partial charge on any atom is 0.255 e. The van der Waals surface area contributed by atoms with Crippen LogP contribution in [0.5, 0.6) is 0 Å². The van der Waals surface area contributed by atoms with Gasteiger partial charge in [-0.05, 0) is 68.4 Å². The molecule has 0 saturated carbocycles. The van der Waals surface area contributed by atoms with Gasteiger partial charge < -0.3 is 9.73 Å². The molecule has 4 aromatic rings. The summed E-state index contributed by atoms with van der Waals surface area (Å²) in [5, 5.41) is 3.85. The minimum Gasteiger partial charge on any atom is -0.441 e. The van der Waals surface area contributed by atoms with Crippen LogP contribution in [-0.2, 0) is 0 Å². The first-order valence-electron chi connectivity index (χ1n) is 9.13. The maximum absolute atomic E-state index is 12.6. The smallest absolute Gasteiger partial charge is 0.255 e. The second-order valence-corrected chi connectivity index (χ2v) is 7.58. The molecule has 0 aliphatic rings. The summed E-state index contributed by atoms with van der Waals surface area (Å²) in [7, 11) is 0. The van der Waals surface area contributed by atoms with E-state index in [1.165, 1.54) is 0 Å². The van der Waals surface area contributed by atoms with Crippen molar-refractivity contribution in [1.82, 2.24) is 9.97 Å². The second-order valence-electron chi connectivity index (χ2n) is 6.49. The topological polar surface area (TPSA) is 68.0 Å². The average molecular weight is 401 g/mol. The minimum absolute atomic E-state index is 0.170. The first-order valence-corrected chi connectivity index (χ1v) is 9.95. The fourth-order valence-electron chi connectivity index (χ4n) is 2.73. The van der Waals surface area contributed by atoms with Crippen LogP contribution in [0.1, 0.15) is 21.8 Å². The Kier molecular flexibility index (Phi) is 5.44. The number of amides is 1. The molecule has 0 saturated heterocycles. The molecule has 2 aromatic carbocycles. The molecule has 0 radical (unpaired) electrons. The van der Waals surface area contributed by atoms with Gasteiger partial charge in [-0.2, -0.15) is 0 Å². The van der Waals surface area contributed by atoms with Gasteiger partial charge in [-0.3, -0.25) is 4.79 Å². The number of rotatable bonds is 5. The lowest BCUT2D eigenvalue weighted by atomic mass is 10.1. The number of nitrogens with one attached hydrogen (secondary N) is 1. The van der Waals surface area contributed by atoms with Crippen LogP contribution in [0.25, 0.3) is 11.5 Å². The molecule has 0 unspecified atom stereocenters. The van der Waals surface area contributed by atoms with Gasteiger partial charge in [0.15, 0.2) is 0 Å². The summed E-state index contributed by atoms with van der Waals surface area (Å²) in [4.78, 5) is 22.4. The van der Waals surface area contributed by atoms with Crippen LogP contribution in [0.4, 0.5) is 5.69 Å². The van der Waals surface area contributed by atoms with Gasteiger partial charge in [0, 0.05) is 27.9 Å². The highest BCUT2D eigenvalue weighted by atomic mass is 32.2. The Hall–Kier alpha value is -3.38.